The first-order chi connectivity index (χ1) is 12.4. The van der Waals surface area contributed by atoms with Crippen molar-refractivity contribution in [3.8, 4) is 5.69 Å². The molecule has 0 aliphatic heterocycles. The van der Waals surface area contributed by atoms with Gasteiger partial charge in [0.2, 0.25) is 5.91 Å². The van der Waals surface area contributed by atoms with Gasteiger partial charge < -0.3 is 5.32 Å². The standard InChI is InChI=1S/C18H16Cl2N4OS/c1-11-3-4-12(2)15(7-11)24-6-5-21-18(24)26-10-16(25)23-17-14(20)8-13(19)9-22-17/h3-9H,10H2,1-2H3,(H,22,23,25). The normalized spacial score (nSPS) is 10.8. The zero-order valence-electron chi connectivity index (χ0n) is 14.2. The lowest BCUT2D eigenvalue weighted by atomic mass is 10.1. The summed E-state index contributed by atoms with van der Waals surface area (Å²) in [6.07, 6.45) is 5.04. The van der Waals surface area contributed by atoms with Gasteiger partial charge in [-0.3, -0.25) is 9.36 Å². The molecule has 0 bridgehead atoms. The molecule has 0 radical (unpaired) electrons. The molecule has 134 valence electrons. The molecule has 5 nitrogen and oxygen atoms in total. The summed E-state index contributed by atoms with van der Waals surface area (Å²) in [7, 11) is 0. The van der Waals surface area contributed by atoms with Crippen molar-refractivity contribution >= 4 is 46.7 Å². The van der Waals surface area contributed by atoms with Crippen LogP contribution in [0, 0.1) is 13.8 Å². The fourth-order valence-electron chi connectivity index (χ4n) is 2.36. The molecule has 0 aliphatic carbocycles. The summed E-state index contributed by atoms with van der Waals surface area (Å²) in [6, 6.07) is 7.77. The lowest BCUT2D eigenvalue weighted by Crippen LogP contribution is -2.15. The number of nitrogens with zero attached hydrogens (tertiary/aromatic N) is 3. The van der Waals surface area contributed by atoms with E-state index in [2.05, 4.69) is 33.5 Å². The molecule has 1 aromatic carbocycles. The second-order valence-corrected chi connectivity index (χ2v) is 7.48. The summed E-state index contributed by atoms with van der Waals surface area (Å²) in [5.41, 5.74) is 3.35. The monoisotopic (exact) mass is 406 g/mol. The first-order valence-corrected chi connectivity index (χ1v) is 9.53. The first-order valence-electron chi connectivity index (χ1n) is 7.78. The molecule has 1 amide bonds. The largest absolute Gasteiger partial charge is 0.309 e. The molecule has 0 aliphatic rings. The van der Waals surface area contributed by atoms with Crippen molar-refractivity contribution in [1.82, 2.24) is 14.5 Å². The van der Waals surface area contributed by atoms with E-state index in [1.165, 1.54) is 24.0 Å². The van der Waals surface area contributed by atoms with Gasteiger partial charge in [0.25, 0.3) is 0 Å². The highest BCUT2D eigenvalue weighted by atomic mass is 35.5. The van der Waals surface area contributed by atoms with Crippen LogP contribution in [0.15, 0.2) is 48.0 Å². The van der Waals surface area contributed by atoms with E-state index in [0.717, 1.165) is 22.0 Å². The molecular weight excluding hydrogens is 391 g/mol. The number of amides is 1. The van der Waals surface area contributed by atoms with Gasteiger partial charge in [0.1, 0.15) is 0 Å². The number of aryl methyl sites for hydroxylation is 2. The van der Waals surface area contributed by atoms with E-state index in [-0.39, 0.29) is 11.7 Å². The Morgan fingerprint density at radius 3 is 2.81 bits per heavy atom. The predicted octanol–water partition coefficient (Wildman–Crippen LogP) is 4.92. The van der Waals surface area contributed by atoms with Crippen LogP contribution in [0.4, 0.5) is 5.82 Å². The van der Waals surface area contributed by atoms with Gasteiger partial charge in [-0.2, -0.15) is 0 Å². The van der Waals surface area contributed by atoms with E-state index >= 15 is 0 Å². The molecule has 0 saturated heterocycles. The Morgan fingerprint density at radius 1 is 1.23 bits per heavy atom. The van der Waals surface area contributed by atoms with Gasteiger partial charge in [-0.25, -0.2) is 9.97 Å². The second-order valence-electron chi connectivity index (χ2n) is 5.69. The maximum atomic E-state index is 12.2. The Bertz CT molecular complexity index is 958. The SMILES string of the molecule is Cc1ccc(C)c(-n2ccnc2SCC(=O)Nc2ncc(Cl)cc2Cl)c1. The summed E-state index contributed by atoms with van der Waals surface area (Å²) in [4.78, 5) is 20.6. The second kappa shape index (κ2) is 8.12. The summed E-state index contributed by atoms with van der Waals surface area (Å²) < 4.78 is 1.98. The number of carbonyl (C=O) groups excluding carboxylic acids is 1. The van der Waals surface area contributed by atoms with Crippen molar-refractivity contribution in [1.29, 1.82) is 0 Å². The minimum Gasteiger partial charge on any atom is -0.309 e. The molecule has 8 heteroatoms. The highest BCUT2D eigenvalue weighted by Gasteiger charge is 2.12. The van der Waals surface area contributed by atoms with Crippen molar-refractivity contribution < 1.29 is 4.79 Å². The average Bonchev–Trinajstić information content (AvgIpc) is 3.06. The number of aromatic nitrogens is 3. The number of pyridine rings is 1. The fraction of sp³-hybridized carbons (Fsp3) is 0.167. The number of hydrogen-bond acceptors (Lipinski definition) is 4. The van der Waals surface area contributed by atoms with E-state index < -0.39 is 0 Å². The van der Waals surface area contributed by atoms with Gasteiger partial charge in [-0.1, -0.05) is 47.1 Å². The third kappa shape index (κ3) is 4.38. The van der Waals surface area contributed by atoms with Crippen molar-refractivity contribution in [2.75, 3.05) is 11.1 Å². The number of imidazole rings is 1. The molecule has 2 heterocycles. The molecule has 0 atom stereocenters. The Hall–Kier alpha value is -2.02. The van der Waals surface area contributed by atoms with E-state index in [0.29, 0.717) is 15.9 Å². The van der Waals surface area contributed by atoms with Crippen LogP contribution in [0.5, 0.6) is 0 Å². The highest BCUT2D eigenvalue weighted by Crippen LogP contribution is 2.25. The molecule has 3 rings (SSSR count). The quantitative estimate of drug-likeness (QED) is 0.610. The number of hydrogen-bond donors (Lipinski definition) is 1. The van der Waals surface area contributed by atoms with Crippen LogP contribution in [-0.4, -0.2) is 26.2 Å². The van der Waals surface area contributed by atoms with Gasteiger partial charge in [0, 0.05) is 18.6 Å². The van der Waals surface area contributed by atoms with Crippen molar-refractivity contribution in [2.24, 2.45) is 0 Å². The number of carbonyl (C=O) groups is 1. The third-order valence-corrected chi connectivity index (χ3v) is 5.09. The minimum atomic E-state index is -0.220. The van der Waals surface area contributed by atoms with Crippen molar-refractivity contribution in [3.63, 3.8) is 0 Å². The summed E-state index contributed by atoms with van der Waals surface area (Å²) in [6.45, 7) is 4.09. The average molecular weight is 407 g/mol. The maximum absolute atomic E-state index is 12.2. The number of benzene rings is 1. The first kappa shape index (κ1) is 18.8. The topological polar surface area (TPSA) is 59.8 Å². The van der Waals surface area contributed by atoms with Crippen LogP contribution in [-0.2, 0) is 4.79 Å². The predicted molar refractivity (Wildman–Crippen MR) is 107 cm³/mol. The summed E-state index contributed by atoms with van der Waals surface area (Å²) in [5.74, 6) is 0.254. The number of rotatable bonds is 5. The van der Waals surface area contributed by atoms with Gasteiger partial charge in [0.05, 0.1) is 21.5 Å². The lowest BCUT2D eigenvalue weighted by Gasteiger charge is -2.11. The lowest BCUT2D eigenvalue weighted by molar-refractivity contribution is -0.113. The van der Waals surface area contributed by atoms with E-state index in [1.54, 1.807) is 6.20 Å². The summed E-state index contributed by atoms with van der Waals surface area (Å²) >= 11 is 13.2. The summed E-state index contributed by atoms with van der Waals surface area (Å²) in [5, 5.41) is 4.13. The van der Waals surface area contributed by atoms with Crippen molar-refractivity contribution in [3.05, 3.63) is 64.0 Å². The highest BCUT2D eigenvalue weighted by molar-refractivity contribution is 7.99. The van der Waals surface area contributed by atoms with Gasteiger partial charge >= 0.3 is 0 Å². The van der Waals surface area contributed by atoms with Crippen molar-refractivity contribution in [2.45, 2.75) is 19.0 Å². The van der Waals surface area contributed by atoms with Gasteiger partial charge in [0.15, 0.2) is 11.0 Å². The number of halogens is 2. The molecular formula is C18H16Cl2N4OS. The molecule has 0 spiro atoms. The van der Waals surface area contributed by atoms with Crippen LogP contribution in [0.1, 0.15) is 11.1 Å². The zero-order chi connectivity index (χ0) is 18.7. The third-order valence-electron chi connectivity index (χ3n) is 3.63. The van der Waals surface area contributed by atoms with E-state index in [9.17, 15) is 4.79 Å². The van der Waals surface area contributed by atoms with E-state index in [4.69, 9.17) is 23.2 Å². The molecule has 2 aromatic heterocycles. The van der Waals surface area contributed by atoms with Crippen LogP contribution in [0.3, 0.4) is 0 Å². The van der Waals surface area contributed by atoms with Gasteiger partial charge in [-0.15, -0.1) is 0 Å². The molecule has 0 unspecified atom stereocenters. The minimum absolute atomic E-state index is 0.183. The Kier molecular flexibility index (Phi) is 5.86. The Balaban J connectivity index is 1.70. The number of thioether (sulfide) groups is 1. The molecule has 26 heavy (non-hydrogen) atoms. The smallest absolute Gasteiger partial charge is 0.236 e. The number of nitrogens with one attached hydrogen (secondary N) is 1. The molecule has 0 fully saturated rings. The molecule has 0 saturated carbocycles. The van der Waals surface area contributed by atoms with Crippen LogP contribution < -0.4 is 5.32 Å². The Labute approximate surface area is 165 Å². The van der Waals surface area contributed by atoms with Crippen LogP contribution in [0.2, 0.25) is 10.0 Å². The maximum Gasteiger partial charge on any atom is 0.236 e. The Morgan fingerprint density at radius 2 is 2.04 bits per heavy atom. The number of anilines is 1. The van der Waals surface area contributed by atoms with Crippen LogP contribution >= 0.6 is 35.0 Å². The van der Waals surface area contributed by atoms with Crippen LogP contribution in [0.25, 0.3) is 5.69 Å². The molecule has 3 aromatic rings. The van der Waals surface area contributed by atoms with Gasteiger partial charge in [-0.05, 0) is 37.1 Å². The molecule has 1 N–H and O–H groups in total. The fourth-order valence-corrected chi connectivity index (χ4v) is 3.56. The zero-order valence-corrected chi connectivity index (χ0v) is 16.5. The van der Waals surface area contributed by atoms with E-state index in [1.807, 2.05) is 24.6 Å².